The molecule has 1 rings (SSSR count). The van der Waals surface area contributed by atoms with Gasteiger partial charge in [0.1, 0.15) is 23.6 Å². The van der Waals surface area contributed by atoms with Gasteiger partial charge in [0.2, 0.25) is 0 Å². The molecule has 1 aromatic heterocycles. The van der Waals surface area contributed by atoms with Crippen LogP contribution < -0.4 is 5.32 Å². The van der Waals surface area contributed by atoms with Crippen LogP contribution in [0.2, 0.25) is 5.15 Å². The second-order valence-corrected chi connectivity index (χ2v) is 2.68. The quantitative estimate of drug-likeness (QED) is 0.355. The number of rotatable bonds is 3. The largest absolute Gasteiger partial charge is 0.367 e. The van der Waals surface area contributed by atoms with Gasteiger partial charge < -0.3 is 5.32 Å². The van der Waals surface area contributed by atoms with Gasteiger partial charge >= 0.3 is 5.69 Å². The zero-order chi connectivity index (χ0) is 10.6. The van der Waals surface area contributed by atoms with E-state index in [9.17, 15) is 10.1 Å². The van der Waals surface area contributed by atoms with Gasteiger partial charge in [0.05, 0.1) is 11.0 Å². The first-order valence-corrected chi connectivity index (χ1v) is 3.93. The molecule has 0 aliphatic heterocycles. The summed E-state index contributed by atoms with van der Waals surface area (Å²) in [5.41, 5.74) is -0.0128. The van der Waals surface area contributed by atoms with Crippen molar-refractivity contribution in [1.82, 2.24) is 4.98 Å². The first kappa shape index (κ1) is 10.2. The molecule has 0 aliphatic carbocycles. The fraction of sp³-hybridized carbons (Fsp3) is 0.143. The van der Waals surface area contributed by atoms with Crippen molar-refractivity contribution >= 4 is 23.0 Å². The average molecular weight is 213 g/mol. The highest BCUT2D eigenvalue weighted by Crippen LogP contribution is 2.25. The number of hydrogen-bond acceptors (Lipinski definition) is 5. The highest BCUT2D eigenvalue weighted by atomic mass is 35.5. The lowest BCUT2D eigenvalue weighted by Crippen LogP contribution is -2.02. The fourth-order valence-corrected chi connectivity index (χ4v) is 1.00. The molecule has 6 nitrogen and oxygen atoms in total. The Morgan fingerprint density at radius 2 is 2.50 bits per heavy atom. The zero-order valence-corrected chi connectivity index (χ0v) is 7.65. The predicted molar refractivity (Wildman–Crippen MR) is 50.0 cm³/mol. The Morgan fingerprint density at radius 3 is 3.07 bits per heavy atom. The Morgan fingerprint density at radius 1 is 1.79 bits per heavy atom. The smallest absolute Gasteiger partial charge is 0.310 e. The number of aromatic nitrogens is 1. The van der Waals surface area contributed by atoms with Crippen molar-refractivity contribution in [3.05, 3.63) is 27.5 Å². The topological polar surface area (TPSA) is 91.8 Å². The molecule has 0 spiro atoms. The van der Waals surface area contributed by atoms with Gasteiger partial charge in [-0.2, -0.15) is 5.26 Å². The van der Waals surface area contributed by atoms with Gasteiger partial charge in [-0.15, -0.1) is 0 Å². The molecular formula is C7H5ClN4O2. The number of halogens is 1. The van der Waals surface area contributed by atoms with E-state index in [1.807, 2.05) is 0 Å². The van der Waals surface area contributed by atoms with E-state index in [4.69, 9.17) is 16.9 Å². The minimum Gasteiger partial charge on any atom is -0.367 e. The molecule has 7 heteroatoms. The third kappa shape index (κ3) is 2.31. The average Bonchev–Trinajstić information content (AvgIpc) is 2.14. The van der Waals surface area contributed by atoms with Crippen LogP contribution in [0.1, 0.15) is 0 Å². The van der Waals surface area contributed by atoms with Crippen LogP contribution in [0.4, 0.5) is 11.4 Å². The molecule has 0 radical (unpaired) electrons. The third-order valence-corrected chi connectivity index (χ3v) is 1.61. The zero-order valence-electron chi connectivity index (χ0n) is 6.90. The molecule has 1 heterocycles. The molecule has 72 valence electrons. The number of pyridine rings is 1. The molecule has 0 fully saturated rings. The minimum atomic E-state index is -0.594. The van der Waals surface area contributed by atoms with E-state index in [2.05, 4.69) is 10.3 Å². The lowest BCUT2D eigenvalue weighted by Gasteiger charge is -2.02. The Balaban J connectivity index is 3.04. The van der Waals surface area contributed by atoms with E-state index in [-0.39, 0.29) is 23.1 Å². The SMILES string of the molecule is N#CCNc1cc(Cl)ncc1[N+](=O)[O-]. The summed E-state index contributed by atoms with van der Waals surface area (Å²) in [4.78, 5) is 13.5. The molecule has 0 aliphatic rings. The van der Waals surface area contributed by atoms with E-state index in [1.54, 1.807) is 6.07 Å². The van der Waals surface area contributed by atoms with E-state index in [1.165, 1.54) is 6.07 Å². The van der Waals surface area contributed by atoms with Crippen molar-refractivity contribution in [2.24, 2.45) is 0 Å². The number of nitrogens with zero attached hydrogens (tertiary/aromatic N) is 3. The van der Waals surface area contributed by atoms with Crippen LogP contribution >= 0.6 is 11.6 Å². The second-order valence-electron chi connectivity index (χ2n) is 2.29. The van der Waals surface area contributed by atoms with Gasteiger partial charge in [-0.1, -0.05) is 11.6 Å². The van der Waals surface area contributed by atoms with Gasteiger partial charge in [-0.05, 0) is 0 Å². The van der Waals surface area contributed by atoms with E-state index >= 15 is 0 Å². The molecule has 14 heavy (non-hydrogen) atoms. The van der Waals surface area contributed by atoms with E-state index < -0.39 is 4.92 Å². The highest BCUT2D eigenvalue weighted by molar-refractivity contribution is 6.29. The maximum atomic E-state index is 10.5. The summed E-state index contributed by atoms with van der Waals surface area (Å²) in [7, 11) is 0. The van der Waals surface area contributed by atoms with Crippen molar-refractivity contribution < 1.29 is 4.92 Å². The van der Waals surface area contributed by atoms with Gasteiger partial charge in [-0.25, -0.2) is 4.98 Å². The summed E-state index contributed by atoms with van der Waals surface area (Å²) < 4.78 is 0. The number of nitro groups is 1. The molecule has 1 aromatic rings. The summed E-state index contributed by atoms with van der Waals surface area (Å²) in [6.45, 7) is -0.0266. The number of hydrogen-bond donors (Lipinski definition) is 1. The second kappa shape index (κ2) is 4.39. The molecule has 0 amide bonds. The summed E-state index contributed by atoms with van der Waals surface area (Å²) in [6.07, 6.45) is 1.04. The Hall–Kier alpha value is -1.87. The van der Waals surface area contributed by atoms with Crippen molar-refractivity contribution in [1.29, 1.82) is 5.26 Å². The van der Waals surface area contributed by atoms with E-state index in [0.717, 1.165) is 6.20 Å². The summed E-state index contributed by atoms with van der Waals surface area (Å²) in [5.74, 6) is 0. The highest BCUT2D eigenvalue weighted by Gasteiger charge is 2.13. The molecular weight excluding hydrogens is 208 g/mol. The normalized spacial score (nSPS) is 9.14. The molecule has 0 saturated heterocycles. The standard InChI is InChI=1S/C7H5ClN4O2/c8-7-3-5(10-2-1-9)6(4-11-7)12(13)14/h3-4H,2H2,(H,10,11). The number of anilines is 1. The van der Waals surface area contributed by atoms with Crippen LogP contribution in [0.5, 0.6) is 0 Å². The summed E-state index contributed by atoms with van der Waals surface area (Å²) in [6, 6.07) is 3.11. The molecule has 0 aromatic carbocycles. The lowest BCUT2D eigenvalue weighted by atomic mass is 10.3. The van der Waals surface area contributed by atoms with Crippen molar-refractivity contribution in [2.75, 3.05) is 11.9 Å². The number of nitrogens with one attached hydrogen (secondary N) is 1. The molecule has 0 unspecified atom stereocenters. The van der Waals surface area contributed by atoms with Gasteiger partial charge in [0, 0.05) is 6.07 Å². The number of nitriles is 1. The van der Waals surface area contributed by atoms with Crippen LogP contribution in [0.25, 0.3) is 0 Å². The Labute approximate surface area is 84.3 Å². The Bertz CT molecular complexity index is 401. The van der Waals surface area contributed by atoms with Gasteiger partial charge in [0.25, 0.3) is 0 Å². The monoisotopic (exact) mass is 212 g/mol. The van der Waals surface area contributed by atoms with Crippen LogP contribution in [0.3, 0.4) is 0 Å². The fourth-order valence-electron chi connectivity index (χ4n) is 0.844. The summed E-state index contributed by atoms with van der Waals surface area (Å²) in [5, 5.41) is 21.5. The third-order valence-electron chi connectivity index (χ3n) is 1.40. The van der Waals surface area contributed by atoms with Crippen LogP contribution in [-0.4, -0.2) is 16.5 Å². The molecule has 0 bridgehead atoms. The maximum Gasteiger partial charge on any atom is 0.310 e. The Kier molecular flexibility index (Phi) is 3.20. The van der Waals surface area contributed by atoms with Crippen LogP contribution in [0.15, 0.2) is 12.3 Å². The first-order valence-electron chi connectivity index (χ1n) is 3.56. The van der Waals surface area contributed by atoms with Gasteiger partial charge in [-0.3, -0.25) is 10.1 Å². The van der Waals surface area contributed by atoms with Crippen molar-refractivity contribution in [2.45, 2.75) is 0 Å². The van der Waals surface area contributed by atoms with Crippen LogP contribution in [-0.2, 0) is 0 Å². The van der Waals surface area contributed by atoms with E-state index in [0.29, 0.717) is 0 Å². The first-order chi connectivity index (χ1) is 6.65. The summed E-state index contributed by atoms with van der Waals surface area (Å²) >= 11 is 5.54. The van der Waals surface area contributed by atoms with Gasteiger partial charge in [0.15, 0.2) is 0 Å². The maximum absolute atomic E-state index is 10.5. The predicted octanol–water partition coefficient (Wildman–Crippen LogP) is 1.58. The van der Waals surface area contributed by atoms with Crippen molar-refractivity contribution in [3.8, 4) is 6.07 Å². The van der Waals surface area contributed by atoms with Crippen LogP contribution in [0, 0.1) is 21.4 Å². The molecule has 1 N–H and O–H groups in total. The minimum absolute atomic E-state index is 0.0266. The lowest BCUT2D eigenvalue weighted by molar-refractivity contribution is -0.384. The van der Waals surface area contributed by atoms with Crippen molar-refractivity contribution in [3.63, 3.8) is 0 Å². The molecule has 0 atom stereocenters. The molecule has 0 saturated carbocycles.